The molecule has 3 aliphatic heterocycles. The predicted octanol–water partition coefficient (Wildman–Crippen LogP) is 1.78. The van der Waals surface area contributed by atoms with E-state index in [0.29, 0.717) is 38.3 Å². The fourth-order valence-electron chi connectivity index (χ4n) is 4.58. The number of carbonyl (C=O) groups excluding carboxylic acids is 2. The minimum atomic E-state index is -0.588. The van der Waals surface area contributed by atoms with Crippen LogP contribution in [0.4, 0.5) is 0 Å². The third-order valence-corrected chi connectivity index (χ3v) is 5.80. The molecule has 6 nitrogen and oxygen atoms in total. The van der Waals surface area contributed by atoms with E-state index in [1.54, 1.807) is 4.90 Å². The maximum Gasteiger partial charge on any atom is 0.260 e. The van der Waals surface area contributed by atoms with Crippen LogP contribution in [-0.4, -0.2) is 59.7 Å². The summed E-state index contributed by atoms with van der Waals surface area (Å²) in [5, 5.41) is 2.21. The molecule has 3 heterocycles. The largest absolute Gasteiger partial charge is 0.484 e. The van der Waals surface area contributed by atoms with Crippen molar-refractivity contribution in [3.05, 3.63) is 42.5 Å². The van der Waals surface area contributed by atoms with Crippen LogP contribution in [0.25, 0.3) is 10.8 Å². The minimum absolute atomic E-state index is 0.0287. The molecule has 26 heavy (non-hydrogen) atoms. The number of ether oxygens (including phenoxy) is 2. The van der Waals surface area contributed by atoms with Crippen LogP contribution in [0.3, 0.4) is 0 Å². The van der Waals surface area contributed by atoms with Crippen molar-refractivity contribution in [3.63, 3.8) is 0 Å². The maximum absolute atomic E-state index is 12.7. The lowest BCUT2D eigenvalue weighted by atomic mass is 10.1. The van der Waals surface area contributed by atoms with Crippen LogP contribution < -0.4 is 4.74 Å². The molecule has 5 rings (SSSR count). The zero-order valence-corrected chi connectivity index (χ0v) is 14.4. The van der Waals surface area contributed by atoms with Crippen LogP contribution in [0.15, 0.2) is 42.5 Å². The second-order valence-corrected chi connectivity index (χ2v) is 7.09. The van der Waals surface area contributed by atoms with Gasteiger partial charge < -0.3 is 19.3 Å². The summed E-state index contributed by atoms with van der Waals surface area (Å²) in [5.74, 6) is 0.665. The first-order valence-corrected chi connectivity index (χ1v) is 9.03. The summed E-state index contributed by atoms with van der Waals surface area (Å²) in [6.45, 7) is 1.76. The molecule has 2 aromatic carbocycles. The van der Waals surface area contributed by atoms with E-state index in [-0.39, 0.29) is 24.5 Å². The number of carbonyl (C=O) groups is 2. The SMILES string of the molecule is O=C(COc1ccc2ccccc2c1)N1CC[C@@]23OCCN2C(=O)C[C@@H]13. The van der Waals surface area contributed by atoms with Crippen molar-refractivity contribution < 1.29 is 19.1 Å². The number of hydrogen-bond donors (Lipinski definition) is 0. The smallest absolute Gasteiger partial charge is 0.260 e. The summed E-state index contributed by atoms with van der Waals surface area (Å²) in [7, 11) is 0. The number of hydrogen-bond acceptors (Lipinski definition) is 4. The van der Waals surface area contributed by atoms with E-state index in [2.05, 4.69) is 0 Å². The van der Waals surface area contributed by atoms with Gasteiger partial charge in [0.2, 0.25) is 5.91 Å². The van der Waals surface area contributed by atoms with Crippen molar-refractivity contribution in [2.24, 2.45) is 0 Å². The molecule has 0 bridgehead atoms. The molecule has 0 saturated carbocycles. The van der Waals surface area contributed by atoms with Crippen molar-refractivity contribution in [2.75, 3.05) is 26.3 Å². The Hall–Kier alpha value is -2.60. The summed E-state index contributed by atoms with van der Waals surface area (Å²) in [5.41, 5.74) is -0.588. The third kappa shape index (κ3) is 2.22. The topological polar surface area (TPSA) is 59.1 Å². The molecule has 0 aromatic heterocycles. The number of amides is 2. The van der Waals surface area contributed by atoms with E-state index in [0.717, 1.165) is 10.8 Å². The molecule has 3 aliphatic rings. The highest BCUT2D eigenvalue weighted by Crippen LogP contribution is 2.45. The van der Waals surface area contributed by atoms with E-state index in [1.165, 1.54) is 0 Å². The highest BCUT2D eigenvalue weighted by atomic mass is 16.5. The molecule has 1 spiro atoms. The van der Waals surface area contributed by atoms with E-state index in [1.807, 2.05) is 47.4 Å². The van der Waals surface area contributed by atoms with Crippen LogP contribution in [0.2, 0.25) is 0 Å². The number of fused-ring (bicyclic) bond motifs is 1. The predicted molar refractivity (Wildman–Crippen MR) is 94.6 cm³/mol. The third-order valence-electron chi connectivity index (χ3n) is 5.80. The van der Waals surface area contributed by atoms with Crippen molar-refractivity contribution in [1.82, 2.24) is 9.80 Å². The van der Waals surface area contributed by atoms with Gasteiger partial charge in [-0.2, -0.15) is 0 Å². The van der Waals surface area contributed by atoms with Crippen LogP contribution in [0.1, 0.15) is 12.8 Å². The fourth-order valence-corrected chi connectivity index (χ4v) is 4.58. The minimum Gasteiger partial charge on any atom is -0.484 e. The Kier molecular flexibility index (Phi) is 3.43. The van der Waals surface area contributed by atoms with Crippen molar-refractivity contribution in [3.8, 4) is 5.75 Å². The Morgan fingerprint density at radius 3 is 2.92 bits per heavy atom. The first-order chi connectivity index (χ1) is 12.7. The number of rotatable bonds is 3. The summed E-state index contributed by atoms with van der Waals surface area (Å²) in [4.78, 5) is 28.5. The van der Waals surface area contributed by atoms with Gasteiger partial charge in [0.05, 0.1) is 19.1 Å². The summed E-state index contributed by atoms with van der Waals surface area (Å²) < 4.78 is 11.7. The molecule has 3 saturated heterocycles. The van der Waals surface area contributed by atoms with Crippen LogP contribution >= 0.6 is 0 Å². The molecule has 0 N–H and O–H groups in total. The van der Waals surface area contributed by atoms with Gasteiger partial charge in [-0.15, -0.1) is 0 Å². The molecule has 0 radical (unpaired) electrons. The average Bonchev–Trinajstić information content (AvgIpc) is 3.30. The lowest BCUT2D eigenvalue weighted by Gasteiger charge is -2.31. The molecule has 2 atom stereocenters. The zero-order valence-electron chi connectivity index (χ0n) is 14.4. The Morgan fingerprint density at radius 2 is 2.04 bits per heavy atom. The van der Waals surface area contributed by atoms with Gasteiger partial charge in [0.1, 0.15) is 5.75 Å². The van der Waals surface area contributed by atoms with Crippen LogP contribution in [0, 0.1) is 0 Å². The highest BCUT2D eigenvalue weighted by molar-refractivity contribution is 5.86. The first-order valence-electron chi connectivity index (χ1n) is 9.03. The molecule has 2 amide bonds. The van der Waals surface area contributed by atoms with E-state index < -0.39 is 5.72 Å². The first kappa shape index (κ1) is 15.6. The average molecular weight is 352 g/mol. The Bertz CT molecular complexity index is 898. The van der Waals surface area contributed by atoms with Gasteiger partial charge in [-0.25, -0.2) is 0 Å². The summed E-state index contributed by atoms with van der Waals surface area (Å²) in [6.07, 6.45) is 1.03. The Morgan fingerprint density at radius 1 is 1.19 bits per heavy atom. The summed E-state index contributed by atoms with van der Waals surface area (Å²) >= 11 is 0. The van der Waals surface area contributed by atoms with Gasteiger partial charge >= 0.3 is 0 Å². The lowest BCUT2D eigenvalue weighted by Crippen LogP contribution is -2.49. The second kappa shape index (κ2) is 5.71. The number of nitrogens with zero attached hydrogens (tertiary/aromatic N) is 2. The Labute approximate surface area is 151 Å². The summed E-state index contributed by atoms with van der Waals surface area (Å²) in [6, 6.07) is 13.6. The van der Waals surface area contributed by atoms with Gasteiger partial charge in [-0.3, -0.25) is 9.59 Å². The van der Waals surface area contributed by atoms with Crippen LogP contribution in [0.5, 0.6) is 5.75 Å². The van der Waals surface area contributed by atoms with E-state index in [9.17, 15) is 9.59 Å². The molecule has 0 aliphatic carbocycles. The molecule has 2 aromatic rings. The molecule has 3 fully saturated rings. The molecule has 0 unspecified atom stereocenters. The standard InChI is InChI=1S/C20H20N2O4/c23-18-12-17-20(22(18)9-10-26-20)7-8-21(17)19(24)13-25-16-6-5-14-3-1-2-4-15(14)11-16/h1-6,11,17H,7-10,12-13H2/t17-,20+/m1/s1. The van der Waals surface area contributed by atoms with Crippen molar-refractivity contribution >= 4 is 22.6 Å². The maximum atomic E-state index is 12.7. The van der Waals surface area contributed by atoms with Crippen LogP contribution in [-0.2, 0) is 14.3 Å². The fraction of sp³-hybridized carbons (Fsp3) is 0.400. The van der Waals surface area contributed by atoms with Gasteiger partial charge in [-0.05, 0) is 22.9 Å². The second-order valence-electron chi connectivity index (χ2n) is 7.09. The zero-order chi connectivity index (χ0) is 17.7. The van der Waals surface area contributed by atoms with E-state index in [4.69, 9.17) is 9.47 Å². The number of likely N-dealkylation sites (tertiary alicyclic amines) is 1. The molecule has 134 valence electrons. The van der Waals surface area contributed by atoms with Crippen molar-refractivity contribution in [1.29, 1.82) is 0 Å². The van der Waals surface area contributed by atoms with Crippen molar-refractivity contribution in [2.45, 2.75) is 24.6 Å². The monoisotopic (exact) mass is 352 g/mol. The van der Waals surface area contributed by atoms with Gasteiger partial charge in [0.15, 0.2) is 12.3 Å². The van der Waals surface area contributed by atoms with Gasteiger partial charge in [-0.1, -0.05) is 30.3 Å². The molecular weight excluding hydrogens is 332 g/mol. The number of benzene rings is 2. The highest BCUT2D eigenvalue weighted by Gasteiger charge is 2.62. The van der Waals surface area contributed by atoms with E-state index >= 15 is 0 Å². The lowest BCUT2D eigenvalue weighted by molar-refractivity contribution is -0.140. The van der Waals surface area contributed by atoms with Gasteiger partial charge in [0.25, 0.3) is 5.91 Å². The normalized spacial score (nSPS) is 27.1. The van der Waals surface area contributed by atoms with Gasteiger partial charge in [0, 0.05) is 19.5 Å². The molecular formula is C20H20N2O4. The molecule has 6 heteroatoms. The quantitative estimate of drug-likeness (QED) is 0.845. The Balaban J connectivity index is 1.29.